The average Bonchev–Trinajstić information content (AvgIpc) is 2.04. The Balaban J connectivity index is 3.02. The molecule has 0 aliphatic heterocycles. The van der Waals surface area contributed by atoms with Crippen molar-refractivity contribution in [3.63, 3.8) is 0 Å². The molecule has 0 spiro atoms. The molecule has 0 aliphatic rings. The molecule has 0 radical (unpaired) electrons. The molecule has 1 rings (SSSR count). The van der Waals surface area contributed by atoms with E-state index in [-0.39, 0.29) is 17.7 Å². The molecule has 4 heteroatoms. The second kappa shape index (κ2) is 3.39. The van der Waals surface area contributed by atoms with Crippen LogP contribution in [-0.4, -0.2) is 10.1 Å². The minimum Gasteiger partial charge on any atom is -0.392 e. The van der Waals surface area contributed by atoms with Crippen molar-refractivity contribution in [1.82, 2.24) is 4.98 Å². The molecular formula is C7H7F2NO. The quantitative estimate of drug-likeness (QED) is 0.709. The highest BCUT2D eigenvalue weighted by Gasteiger charge is 2.11. The van der Waals surface area contributed by atoms with Gasteiger partial charge in [-0.05, 0) is 11.6 Å². The van der Waals surface area contributed by atoms with Crippen LogP contribution in [0.15, 0.2) is 18.5 Å². The number of pyridine rings is 1. The molecule has 0 amide bonds. The van der Waals surface area contributed by atoms with E-state index in [2.05, 4.69) is 4.98 Å². The minimum atomic E-state index is -2.56. The molecule has 1 heterocycles. The van der Waals surface area contributed by atoms with E-state index in [0.717, 1.165) is 6.20 Å². The van der Waals surface area contributed by atoms with Crippen LogP contribution in [0.1, 0.15) is 17.6 Å². The van der Waals surface area contributed by atoms with E-state index in [1.165, 1.54) is 12.3 Å². The smallest absolute Gasteiger partial charge is 0.265 e. The number of halogens is 2. The summed E-state index contributed by atoms with van der Waals surface area (Å²) < 4.78 is 24.1. The van der Waals surface area contributed by atoms with Gasteiger partial charge in [0.05, 0.1) is 6.61 Å². The molecule has 0 aromatic carbocycles. The lowest BCUT2D eigenvalue weighted by atomic mass is 10.1. The Kier molecular flexibility index (Phi) is 2.48. The summed E-state index contributed by atoms with van der Waals surface area (Å²) in [7, 11) is 0. The molecule has 0 saturated heterocycles. The van der Waals surface area contributed by atoms with Crippen LogP contribution >= 0.6 is 0 Å². The monoisotopic (exact) mass is 159 g/mol. The van der Waals surface area contributed by atoms with Crippen molar-refractivity contribution in [3.05, 3.63) is 29.6 Å². The molecule has 11 heavy (non-hydrogen) atoms. The van der Waals surface area contributed by atoms with Crippen LogP contribution in [0.3, 0.4) is 0 Å². The van der Waals surface area contributed by atoms with Gasteiger partial charge >= 0.3 is 0 Å². The highest BCUT2D eigenvalue weighted by molar-refractivity contribution is 5.23. The van der Waals surface area contributed by atoms with E-state index in [1.54, 1.807) is 0 Å². The van der Waals surface area contributed by atoms with Gasteiger partial charge in [0.25, 0.3) is 6.43 Å². The minimum absolute atomic E-state index is 0.199. The third kappa shape index (κ3) is 1.71. The van der Waals surface area contributed by atoms with Crippen molar-refractivity contribution in [2.45, 2.75) is 13.0 Å². The highest BCUT2D eigenvalue weighted by Crippen LogP contribution is 2.21. The Morgan fingerprint density at radius 3 is 2.73 bits per heavy atom. The molecular weight excluding hydrogens is 152 g/mol. The third-order valence-corrected chi connectivity index (χ3v) is 1.35. The van der Waals surface area contributed by atoms with Crippen molar-refractivity contribution >= 4 is 0 Å². The summed E-state index contributed by atoms with van der Waals surface area (Å²) in [5.74, 6) is 0. The molecule has 2 nitrogen and oxygen atoms in total. The van der Waals surface area contributed by atoms with Crippen LogP contribution in [0.4, 0.5) is 8.78 Å². The van der Waals surface area contributed by atoms with Crippen LogP contribution in [0.25, 0.3) is 0 Å². The number of rotatable bonds is 2. The fraction of sp³-hybridized carbons (Fsp3) is 0.286. The summed E-state index contributed by atoms with van der Waals surface area (Å²) in [4.78, 5) is 3.52. The topological polar surface area (TPSA) is 33.1 Å². The normalized spacial score (nSPS) is 10.5. The number of aromatic nitrogens is 1. The maximum atomic E-state index is 12.1. The first-order chi connectivity index (χ1) is 5.25. The van der Waals surface area contributed by atoms with Crippen molar-refractivity contribution in [2.24, 2.45) is 0 Å². The molecule has 60 valence electrons. The molecule has 0 aliphatic carbocycles. The van der Waals surface area contributed by atoms with Gasteiger partial charge < -0.3 is 5.11 Å². The first-order valence-corrected chi connectivity index (χ1v) is 3.07. The van der Waals surface area contributed by atoms with Gasteiger partial charge in [-0.25, -0.2) is 8.78 Å². The summed E-state index contributed by atoms with van der Waals surface area (Å²) in [6.07, 6.45) is -0.126. The molecule has 0 atom stereocenters. The van der Waals surface area contributed by atoms with Gasteiger partial charge in [-0.1, -0.05) is 0 Å². The summed E-state index contributed by atoms with van der Waals surface area (Å²) in [5, 5.41) is 8.61. The number of hydrogen-bond donors (Lipinski definition) is 1. The number of hydrogen-bond acceptors (Lipinski definition) is 2. The Morgan fingerprint density at radius 1 is 1.55 bits per heavy atom. The van der Waals surface area contributed by atoms with Crippen LogP contribution in [-0.2, 0) is 6.61 Å². The van der Waals surface area contributed by atoms with Crippen molar-refractivity contribution in [3.8, 4) is 0 Å². The van der Waals surface area contributed by atoms with Crippen molar-refractivity contribution in [2.75, 3.05) is 0 Å². The SMILES string of the molecule is OCc1ccncc1C(F)F. The molecule has 1 aromatic heterocycles. The molecule has 0 unspecified atom stereocenters. The maximum Gasteiger partial charge on any atom is 0.265 e. The zero-order valence-corrected chi connectivity index (χ0v) is 5.67. The first kappa shape index (κ1) is 8.07. The van der Waals surface area contributed by atoms with Crippen LogP contribution in [0, 0.1) is 0 Å². The Labute approximate surface area is 62.5 Å². The fourth-order valence-corrected chi connectivity index (χ4v) is 0.776. The summed E-state index contributed by atoms with van der Waals surface area (Å²) in [6, 6.07) is 1.38. The van der Waals surface area contributed by atoms with Crippen LogP contribution in [0.2, 0.25) is 0 Å². The van der Waals surface area contributed by atoms with E-state index in [4.69, 9.17) is 5.11 Å². The molecule has 1 aromatic rings. The van der Waals surface area contributed by atoms with Gasteiger partial charge in [0.15, 0.2) is 0 Å². The number of aliphatic hydroxyl groups excluding tert-OH is 1. The average molecular weight is 159 g/mol. The van der Waals surface area contributed by atoms with E-state index in [1.807, 2.05) is 0 Å². The van der Waals surface area contributed by atoms with Crippen molar-refractivity contribution < 1.29 is 13.9 Å². The lowest BCUT2D eigenvalue weighted by Crippen LogP contribution is -1.94. The summed E-state index contributed by atoms with van der Waals surface area (Å²) in [6.45, 7) is -0.373. The summed E-state index contributed by atoms with van der Waals surface area (Å²) in [5.41, 5.74) is 0.0324. The number of nitrogens with zero attached hydrogens (tertiary/aromatic N) is 1. The van der Waals surface area contributed by atoms with Crippen LogP contribution < -0.4 is 0 Å². The zero-order chi connectivity index (χ0) is 8.27. The number of aliphatic hydroxyl groups is 1. The van der Waals surface area contributed by atoms with E-state index >= 15 is 0 Å². The van der Waals surface area contributed by atoms with Gasteiger partial charge in [-0.15, -0.1) is 0 Å². The molecule has 0 bridgehead atoms. The molecule has 1 N–H and O–H groups in total. The fourth-order valence-electron chi connectivity index (χ4n) is 0.776. The summed E-state index contributed by atoms with van der Waals surface area (Å²) >= 11 is 0. The zero-order valence-electron chi connectivity index (χ0n) is 5.67. The second-order valence-corrected chi connectivity index (χ2v) is 2.03. The maximum absolute atomic E-state index is 12.1. The standard InChI is InChI=1S/C7H7F2NO/c8-7(9)6-3-10-2-1-5(6)4-11/h1-3,7,11H,4H2. The van der Waals surface area contributed by atoms with E-state index < -0.39 is 6.43 Å². The second-order valence-electron chi connectivity index (χ2n) is 2.03. The van der Waals surface area contributed by atoms with Gasteiger partial charge in [0.1, 0.15) is 0 Å². The van der Waals surface area contributed by atoms with Gasteiger partial charge in [0.2, 0.25) is 0 Å². The van der Waals surface area contributed by atoms with Gasteiger partial charge in [-0.3, -0.25) is 4.98 Å². The Hall–Kier alpha value is -1.03. The predicted molar refractivity (Wildman–Crippen MR) is 35.1 cm³/mol. The largest absolute Gasteiger partial charge is 0.392 e. The Bertz CT molecular complexity index is 240. The van der Waals surface area contributed by atoms with Crippen LogP contribution in [0.5, 0.6) is 0 Å². The van der Waals surface area contributed by atoms with E-state index in [9.17, 15) is 8.78 Å². The lowest BCUT2D eigenvalue weighted by molar-refractivity contribution is 0.146. The predicted octanol–water partition coefficient (Wildman–Crippen LogP) is 1.51. The first-order valence-electron chi connectivity index (χ1n) is 3.07. The number of alkyl halides is 2. The van der Waals surface area contributed by atoms with Gasteiger partial charge in [0, 0.05) is 18.0 Å². The molecule has 0 saturated carbocycles. The highest BCUT2D eigenvalue weighted by atomic mass is 19.3. The van der Waals surface area contributed by atoms with E-state index in [0.29, 0.717) is 0 Å². The third-order valence-electron chi connectivity index (χ3n) is 1.35. The molecule has 0 fully saturated rings. The Morgan fingerprint density at radius 2 is 2.27 bits per heavy atom. The van der Waals surface area contributed by atoms with Gasteiger partial charge in [-0.2, -0.15) is 0 Å². The van der Waals surface area contributed by atoms with Crippen molar-refractivity contribution in [1.29, 1.82) is 0 Å². The lowest BCUT2D eigenvalue weighted by Gasteiger charge is -2.03.